The monoisotopic (exact) mass is 385 g/mol. The van der Waals surface area contributed by atoms with Gasteiger partial charge in [0, 0.05) is 0 Å². The number of rotatable bonds is 4. The Kier molecular flexibility index (Phi) is 4.57. The molecule has 142 valence electrons. The molecule has 4 rings (SSSR count). The lowest BCUT2D eigenvalue weighted by atomic mass is 9.08. The summed E-state index contributed by atoms with van der Waals surface area (Å²) in [6.45, 7) is 0. The first-order valence-electron chi connectivity index (χ1n) is 8.93. The second kappa shape index (κ2) is 6.93. The molecule has 0 fully saturated rings. The first-order valence-corrected chi connectivity index (χ1v) is 8.93. The van der Waals surface area contributed by atoms with Gasteiger partial charge < -0.3 is 0 Å². The lowest BCUT2D eigenvalue weighted by Crippen LogP contribution is -2.65. The average Bonchev–Trinajstić information content (AvgIpc) is 3.43. The molecule has 0 amide bonds. The third-order valence-electron chi connectivity index (χ3n) is 5.84. The predicted molar refractivity (Wildman–Crippen MR) is 102 cm³/mol. The summed E-state index contributed by atoms with van der Waals surface area (Å²) < 4.78 is 72.3. The van der Waals surface area contributed by atoms with Crippen molar-refractivity contribution < 1.29 is 22.0 Å². The normalized spacial score (nSPS) is 16.6. The van der Waals surface area contributed by atoms with Crippen molar-refractivity contribution in [3.8, 4) is 0 Å². The number of hydrogen-bond acceptors (Lipinski definition) is 0. The van der Waals surface area contributed by atoms with Crippen molar-refractivity contribution in [2.24, 2.45) is 0 Å². The van der Waals surface area contributed by atoms with Crippen LogP contribution in [0.1, 0.15) is 0 Å². The van der Waals surface area contributed by atoms with Crippen molar-refractivity contribution in [3.05, 3.63) is 108 Å². The van der Waals surface area contributed by atoms with E-state index in [0.717, 1.165) is 0 Å². The number of halogens is 5. The average molecular weight is 385 g/mol. The maximum atomic E-state index is 15.1. The van der Waals surface area contributed by atoms with Crippen LogP contribution in [0.2, 0.25) is 11.6 Å². The number of allylic oxidation sites excluding steroid dienone is 8. The Morgan fingerprint density at radius 1 is 0.536 bits per heavy atom. The van der Waals surface area contributed by atoms with E-state index in [1.165, 1.54) is 0 Å². The smallest absolute Gasteiger partial charge is 0.200 e. The Balaban J connectivity index is 2.16. The van der Waals surface area contributed by atoms with E-state index in [9.17, 15) is 13.2 Å². The summed E-state index contributed by atoms with van der Waals surface area (Å²) in [5.41, 5.74) is -0.238. The fraction of sp³-hybridized carbons (Fsp3) is 0.0909. The molecule has 0 aromatic heterocycles. The van der Waals surface area contributed by atoms with Gasteiger partial charge in [-0.15, -0.1) is 41.4 Å². The Labute approximate surface area is 159 Å². The molecule has 0 N–H and O–H groups in total. The third-order valence-corrected chi connectivity index (χ3v) is 5.84. The van der Waals surface area contributed by atoms with Gasteiger partial charge in [0.05, 0.1) is 6.15 Å². The lowest BCUT2D eigenvalue weighted by molar-refractivity contribution is 0.383. The first-order chi connectivity index (χ1) is 13.5. The zero-order chi connectivity index (χ0) is 19.9. The quantitative estimate of drug-likeness (QED) is 0.303. The Morgan fingerprint density at radius 3 is 1.36 bits per heavy atom. The van der Waals surface area contributed by atoms with Crippen molar-refractivity contribution in [2.75, 3.05) is 0 Å². The summed E-state index contributed by atoms with van der Waals surface area (Å²) in [7, 11) is 0. The molecule has 2 aromatic rings. The molecular formula is C22H15BF5-. The van der Waals surface area contributed by atoms with E-state index in [1.54, 1.807) is 78.9 Å². The molecule has 0 radical (unpaired) electrons. The van der Waals surface area contributed by atoms with E-state index in [4.69, 9.17) is 0 Å². The van der Waals surface area contributed by atoms with E-state index in [1.807, 2.05) is 0 Å². The Hall–Kier alpha value is -2.89. The van der Waals surface area contributed by atoms with Crippen LogP contribution in [-0.2, 0) is 0 Å². The first kappa shape index (κ1) is 18.5. The van der Waals surface area contributed by atoms with Crippen LogP contribution in [0.3, 0.4) is 0 Å². The van der Waals surface area contributed by atoms with E-state index < -0.39 is 52.3 Å². The lowest BCUT2D eigenvalue weighted by Gasteiger charge is -2.49. The molecule has 0 atom stereocenters. The van der Waals surface area contributed by atoms with Crippen LogP contribution in [0.15, 0.2) is 78.9 Å². The minimum Gasteiger partial charge on any atom is -0.207 e. The van der Waals surface area contributed by atoms with Crippen molar-refractivity contribution in [1.29, 1.82) is 0 Å². The molecule has 2 aliphatic carbocycles. The number of benzene rings is 2. The maximum Gasteiger partial charge on any atom is 0.200 e. The highest BCUT2D eigenvalue weighted by atomic mass is 19.2. The molecule has 0 saturated heterocycles. The van der Waals surface area contributed by atoms with Gasteiger partial charge in [-0.3, -0.25) is 0 Å². The molecule has 0 bridgehead atoms. The molecule has 28 heavy (non-hydrogen) atoms. The fourth-order valence-electron chi connectivity index (χ4n) is 4.66. The summed E-state index contributed by atoms with van der Waals surface area (Å²) in [4.78, 5) is 0. The maximum absolute atomic E-state index is 15.1. The minimum absolute atomic E-state index is 0.521. The molecule has 2 aliphatic rings. The molecular weight excluding hydrogens is 370 g/mol. The molecule has 0 saturated carbocycles. The molecule has 0 spiro atoms. The highest BCUT2D eigenvalue weighted by Crippen LogP contribution is 2.42. The van der Waals surface area contributed by atoms with E-state index in [-0.39, 0.29) is 0 Å². The van der Waals surface area contributed by atoms with Gasteiger partial charge >= 0.3 is 0 Å². The van der Waals surface area contributed by atoms with Crippen LogP contribution >= 0.6 is 0 Å². The summed E-state index contributed by atoms with van der Waals surface area (Å²) >= 11 is 0. The highest BCUT2D eigenvalue weighted by molar-refractivity contribution is 7.05. The molecule has 0 unspecified atom stereocenters. The van der Waals surface area contributed by atoms with Crippen LogP contribution in [0.5, 0.6) is 0 Å². The molecule has 0 nitrogen and oxygen atoms in total. The van der Waals surface area contributed by atoms with Crippen LogP contribution in [0.25, 0.3) is 0 Å². The third kappa shape index (κ3) is 2.51. The highest BCUT2D eigenvalue weighted by Gasteiger charge is 2.45. The van der Waals surface area contributed by atoms with Crippen LogP contribution in [0, 0.1) is 29.1 Å². The van der Waals surface area contributed by atoms with Gasteiger partial charge in [-0.05, 0) is 0 Å². The second-order valence-corrected chi connectivity index (χ2v) is 7.09. The van der Waals surface area contributed by atoms with Crippen molar-refractivity contribution in [2.45, 2.75) is 11.6 Å². The van der Waals surface area contributed by atoms with Gasteiger partial charge in [-0.1, -0.05) is 54.6 Å². The van der Waals surface area contributed by atoms with Gasteiger partial charge in [-0.2, -0.15) is 0 Å². The van der Waals surface area contributed by atoms with Crippen molar-refractivity contribution in [1.82, 2.24) is 0 Å². The standard InChI is InChI=1S/C22H15BF5/c24-18-17(19(25)21(27)22(28)20(18)26)23(15-10-4-5-11-15,16-12-6-7-13-16)14-8-2-1-3-9-14/h1-13,15-16H/q-1. The minimum atomic E-state index is -2.47. The summed E-state index contributed by atoms with van der Waals surface area (Å²) in [6.07, 6.45) is 11.4. The Bertz CT molecular complexity index is 956. The van der Waals surface area contributed by atoms with E-state index in [2.05, 4.69) is 0 Å². The van der Waals surface area contributed by atoms with E-state index >= 15 is 8.78 Å². The SMILES string of the molecule is Fc1c(F)c(F)c([B-](c2ccccc2)(C2C=CC=C2)C2C=CC=C2)c(F)c1F. The zero-order valence-corrected chi connectivity index (χ0v) is 14.6. The molecule has 0 aliphatic heterocycles. The van der Waals surface area contributed by atoms with Crippen LogP contribution in [0.4, 0.5) is 22.0 Å². The summed E-state index contributed by atoms with van der Waals surface area (Å²) in [5.74, 6) is -10.6. The second-order valence-electron chi connectivity index (χ2n) is 7.09. The van der Waals surface area contributed by atoms with Gasteiger partial charge in [0.1, 0.15) is 11.6 Å². The van der Waals surface area contributed by atoms with Gasteiger partial charge in [0.2, 0.25) is 0 Å². The summed E-state index contributed by atoms with van der Waals surface area (Å²) in [5, 5.41) is 0. The van der Waals surface area contributed by atoms with Crippen molar-refractivity contribution >= 4 is 17.1 Å². The largest absolute Gasteiger partial charge is 0.207 e. The molecule has 0 heterocycles. The van der Waals surface area contributed by atoms with Gasteiger partial charge in [0.15, 0.2) is 17.5 Å². The Morgan fingerprint density at radius 2 is 0.929 bits per heavy atom. The van der Waals surface area contributed by atoms with E-state index in [0.29, 0.717) is 5.46 Å². The molecule has 6 heteroatoms. The molecule has 2 aromatic carbocycles. The van der Waals surface area contributed by atoms with Gasteiger partial charge in [0.25, 0.3) is 0 Å². The predicted octanol–water partition coefficient (Wildman–Crippen LogP) is 4.94. The summed E-state index contributed by atoms with van der Waals surface area (Å²) in [6, 6.07) is 8.49. The van der Waals surface area contributed by atoms with Crippen LogP contribution < -0.4 is 10.9 Å². The topological polar surface area (TPSA) is 0 Å². The van der Waals surface area contributed by atoms with Crippen molar-refractivity contribution in [3.63, 3.8) is 0 Å². The van der Waals surface area contributed by atoms with Gasteiger partial charge in [-0.25, -0.2) is 27.4 Å². The zero-order valence-electron chi connectivity index (χ0n) is 14.6. The van der Waals surface area contributed by atoms with Crippen LogP contribution in [-0.4, -0.2) is 6.15 Å². The number of hydrogen-bond donors (Lipinski definition) is 0. The fourth-order valence-corrected chi connectivity index (χ4v) is 4.66.